The smallest absolute Gasteiger partial charge is 0.270 e. The summed E-state index contributed by atoms with van der Waals surface area (Å²) in [6.07, 6.45) is 2.28. The van der Waals surface area contributed by atoms with Gasteiger partial charge in [0, 0.05) is 31.4 Å². The monoisotopic (exact) mass is 269 g/mol. The fraction of sp³-hybridized carbons (Fsp3) is 0.500. The van der Waals surface area contributed by atoms with Crippen LogP contribution in [0.5, 0.6) is 0 Å². The van der Waals surface area contributed by atoms with Crippen LogP contribution in [0.15, 0.2) is 12.3 Å². The molecule has 2 bridgehead atoms. The van der Waals surface area contributed by atoms with E-state index in [0.29, 0.717) is 5.92 Å². The topological polar surface area (TPSA) is 45.2 Å². The number of pyridine rings is 1. The first-order valence-corrected chi connectivity index (χ1v) is 6.35. The van der Waals surface area contributed by atoms with E-state index in [1.165, 1.54) is 0 Å². The first-order valence-electron chi connectivity index (χ1n) is 5.98. The highest BCUT2D eigenvalue weighted by Gasteiger charge is 2.38. The van der Waals surface area contributed by atoms with Gasteiger partial charge in [0.05, 0.1) is 5.02 Å². The standard InChI is InChI=1S/C12H13ClFN3O/c13-8-4-15-10(3-9(8)14)12(18)16-11-6-17-2-1-7(11)5-17/h3-4,7,11H,1-2,5-6H2,(H,16,18). The van der Waals surface area contributed by atoms with Gasteiger partial charge < -0.3 is 10.2 Å². The molecule has 2 saturated heterocycles. The summed E-state index contributed by atoms with van der Waals surface area (Å²) in [5, 5.41) is 2.85. The zero-order chi connectivity index (χ0) is 12.7. The van der Waals surface area contributed by atoms with Crippen molar-refractivity contribution in [1.82, 2.24) is 15.2 Å². The normalized spacial score (nSPS) is 29.6. The average Bonchev–Trinajstić information content (AvgIpc) is 2.94. The van der Waals surface area contributed by atoms with Crippen molar-refractivity contribution in [1.29, 1.82) is 0 Å². The summed E-state index contributed by atoms with van der Waals surface area (Å²) in [6.45, 7) is 3.05. The number of carbonyl (C=O) groups excluding carboxylic acids is 1. The zero-order valence-electron chi connectivity index (χ0n) is 9.70. The molecule has 0 spiro atoms. The molecule has 3 heterocycles. The third kappa shape index (κ3) is 2.08. The second kappa shape index (κ2) is 4.48. The molecule has 0 aromatic carbocycles. The van der Waals surface area contributed by atoms with Crippen LogP contribution in [0.4, 0.5) is 4.39 Å². The highest BCUT2D eigenvalue weighted by Crippen LogP contribution is 2.27. The molecule has 2 aliphatic heterocycles. The summed E-state index contributed by atoms with van der Waals surface area (Å²) in [6, 6.07) is 1.23. The minimum absolute atomic E-state index is 0.0717. The van der Waals surface area contributed by atoms with Crippen LogP contribution >= 0.6 is 11.6 Å². The number of halogens is 2. The summed E-state index contributed by atoms with van der Waals surface area (Å²) in [4.78, 5) is 18.1. The highest BCUT2D eigenvalue weighted by atomic mass is 35.5. The Morgan fingerprint density at radius 3 is 3.00 bits per heavy atom. The van der Waals surface area contributed by atoms with Crippen molar-refractivity contribution in [3.05, 3.63) is 28.8 Å². The summed E-state index contributed by atoms with van der Waals surface area (Å²) in [5.41, 5.74) is 0.0784. The van der Waals surface area contributed by atoms with Crippen molar-refractivity contribution in [3.8, 4) is 0 Å². The Bertz CT molecular complexity index is 496. The lowest BCUT2D eigenvalue weighted by molar-refractivity contribution is 0.0919. The Morgan fingerprint density at radius 1 is 1.56 bits per heavy atom. The number of piperidine rings is 1. The molecule has 3 atom stereocenters. The van der Waals surface area contributed by atoms with Gasteiger partial charge in [-0.05, 0) is 18.9 Å². The van der Waals surface area contributed by atoms with Crippen molar-refractivity contribution in [2.24, 2.45) is 5.92 Å². The molecule has 0 saturated carbocycles. The second-order valence-electron chi connectivity index (χ2n) is 4.87. The molecule has 4 nitrogen and oxygen atoms in total. The van der Waals surface area contributed by atoms with E-state index < -0.39 is 5.82 Å². The lowest BCUT2D eigenvalue weighted by Crippen LogP contribution is -2.43. The van der Waals surface area contributed by atoms with E-state index in [2.05, 4.69) is 15.2 Å². The van der Waals surface area contributed by atoms with E-state index >= 15 is 0 Å². The molecule has 18 heavy (non-hydrogen) atoms. The Hall–Kier alpha value is -1.20. The van der Waals surface area contributed by atoms with Crippen molar-refractivity contribution in [2.75, 3.05) is 19.6 Å². The van der Waals surface area contributed by atoms with Gasteiger partial charge in [0.1, 0.15) is 11.5 Å². The van der Waals surface area contributed by atoms with Gasteiger partial charge in [-0.1, -0.05) is 11.6 Å². The molecule has 2 aliphatic rings. The van der Waals surface area contributed by atoms with E-state index in [1.54, 1.807) is 0 Å². The van der Waals surface area contributed by atoms with Crippen molar-refractivity contribution >= 4 is 17.5 Å². The Balaban J connectivity index is 1.69. The average molecular weight is 270 g/mol. The third-order valence-corrected chi connectivity index (χ3v) is 3.97. The number of nitrogens with zero attached hydrogens (tertiary/aromatic N) is 2. The molecule has 1 amide bonds. The minimum atomic E-state index is -0.617. The van der Waals surface area contributed by atoms with Gasteiger partial charge in [-0.2, -0.15) is 0 Å². The minimum Gasteiger partial charge on any atom is -0.346 e. The fourth-order valence-corrected chi connectivity index (χ4v) is 2.83. The van der Waals surface area contributed by atoms with Crippen molar-refractivity contribution in [2.45, 2.75) is 12.5 Å². The molecule has 1 N–H and O–H groups in total. The van der Waals surface area contributed by atoms with Crippen LogP contribution in [0.1, 0.15) is 16.9 Å². The van der Waals surface area contributed by atoms with Crippen LogP contribution < -0.4 is 5.32 Å². The van der Waals surface area contributed by atoms with E-state index in [0.717, 1.165) is 38.3 Å². The second-order valence-corrected chi connectivity index (χ2v) is 5.28. The van der Waals surface area contributed by atoms with Crippen LogP contribution in [0, 0.1) is 11.7 Å². The van der Waals surface area contributed by atoms with E-state index in [9.17, 15) is 9.18 Å². The van der Waals surface area contributed by atoms with Crippen molar-refractivity contribution < 1.29 is 9.18 Å². The number of rotatable bonds is 2. The van der Waals surface area contributed by atoms with Gasteiger partial charge in [-0.3, -0.25) is 4.79 Å². The number of hydrogen-bond donors (Lipinski definition) is 1. The molecule has 3 unspecified atom stereocenters. The molecule has 0 aliphatic carbocycles. The number of nitrogens with one attached hydrogen (secondary N) is 1. The maximum Gasteiger partial charge on any atom is 0.270 e. The van der Waals surface area contributed by atoms with Crippen molar-refractivity contribution in [3.63, 3.8) is 0 Å². The number of hydrogen-bond acceptors (Lipinski definition) is 3. The van der Waals surface area contributed by atoms with Crippen LogP contribution in [-0.2, 0) is 0 Å². The summed E-state index contributed by atoms with van der Waals surface area (Å²) in [5.74, 6) is -0.427. The predicted molar refractivity (Wildman–Crippen MR) is 65.0 cm³/mol. The number of carbonyl (C=O) groups is 1. The molecule has 2 fully saturated rings. The van der Waals surface area contributed by atoms with Gasteiger partial charge in [0.15, 0.2) is 0 Å². The Labute approximate surface area is 109 Å². The SMILES string of the molecule is O=C(NC1CN2CCC1C2)c1cc(F)c(Cl)cn1. The van der Waals surface area contributed by atoms with Gasteiger partial charge in [0.25, 0.3) is 5.91 Å². The quantitative estimate of drug-likeness (QED) is 0.880. The third-order valence-electron chi connectivity index (χ3n) is 3.69. The summed E-state index contributed by atoms with van der Waals surface area (Å²) >= 11 is 5.53. The maximum atomic E-state index is 13.2. The summed E-state index contributed by atoms with van der Waals surface area (Å²) < 4.78 is 13.2. The van der Waals surface area contributed by atoms with Gasteiger partial charge in [0.2, 0.25) is 0 Å². The van der Waals surface area contributed by atoms with E-state index in [1.807, 2.05) is 0 Å². The number of amides is 1. The first-order chi connectivity index (χ1) is 8.63. The van der Waals surface area contributed by atoms with E-state index in [4.69, 9.17) is 11.6 Å². The number of aromatic nitrogens is 1. The molecule has 1 aromatic rings. The van der Waals surface area contributed by atoms with Gasteiger partial charge in [-0.15, -0.1) is 0 Å². The lowest BCUT2D eigenvalue weighted by Gasteiger charge is -2.22. The highest BCUT2D eigenvalue weighted by molar-refractivity contribution is 6.30. The lowest BCUT2D eigenvalue weighted by atomic mass is 10.00. The van der Waals surface area contributed by atoms with Crippen LogP contribution in [0.25, 0.3) is 0 Å². The first kappa shape index (κ1) is 11.9. The van der Waals surface area contributed by atoms with Crippen LogP contribution in [0.3, 0.4) is 0 Å². The maximum absolute atomic E-state index is 13.2. The Kier molecular flexibility index (Phi) is 2.95. The van der Waals surface area contributed by atoms with Crippen LogP contribution in [0.2, 0.25) is 5.02 Å². The number of fused-ring (bicyclic) bond motifs is 2. The van der Waals surface area contributed by atoms with Gasteiger partial charge in [-0.25, -0.2) is 9.37 Å². The molecule has 1 aromatic heterocycles. The van der Waals surface area contributed by atoms with Crippen LogP contribution in [-0.4, -0.2) is 41.5 Å². The zero-order valence-corrected chi connectivity index (χ0v) is 10.5. The molecule has 96 valence electrons. The van der Waals surface area contributed by atoms with E-state index in [-0.39, 0.29) is 22.7 Å². The molecular formula is C12H13ClFN3O. The Morgan fingerprint density at radius 2 is 2.39 bits per heavy atom. The molecular weight excluding hydrogens is 257 g/mol. The van der Waals surface area contributed by atoms with Gasteiger partial charge >= 0.3 is 0 Å². The molecule has 0 radical (unpaired) electrons. The predicted octanol–water partition coefficient (Wildman–Crippen LogP) is 1.31. The molecule has 3 rings (SSSR count). The molecule has 6 heteroatoms. The summed E-state index contributed by atoms with van der Waals surface area (Å²) in [7, 11) is 0. The largest absolute Gasteiger partial charge is 0.346 e. The fourth-order valence-electron chi connectivity index (χ4n) is 2.73.